The van der Waals surface area contributed by atoms with E-state index in [-0.39, 0.29) is 5.84 Å². The Morgan fingerprint density at radius 2 is 2.11 bits per heavy atom. The van der Waals surface area contributed by atoms with Crippen LogP contribution in [0.5, 0.6) is 0 Å². The summed E-state index contributed by atoms with van der Waals surface area (Å²) in [5, 5.41) is 12.6. The van der Waals surface area contributed by atoms with E-state index in [0.29, 0.717) is 10.6 Å². The minimum Gasteiger partial charge on any atom is -0.384 e. The van der Waals surface area contributed by atoms with E-state index in [1.54, 1.807) is 10.7 Å². The highest BCUT2D eigenvalue weighted by Gasteiger charge is 2.15. The van der Waals surface area contributed by atoms with Crippen LogP contribution in [0.2, 0.25) is 5.02 Å². The molecule has 1 aromatic heterocycles. The van der Waals surface area contributed by atoms with Gasteiger partial charge in [0.2, 0.25) is 0 Å². The van der Waals surface area contributed by atoms with Gasteiger partial charge in [0.25, 0.3) is 0 Å². The van der Waals surface area contributed by atoms with Crippen LogP contribution in [-0.2, 0) is 0 Å². The maximum absolute atomic E-state index is 7.64. The predicted octanol–water partition coefficient (Wildman–Crippen LogP) is 3.19. The van der Waals surface area contributed by atoms with Crippen molar-refractivity contribution >= 4 is 33.4 Å². The van der Waals surface area contributed by atoms with Gasteiger partial charge >= 0.3 is 0 Å². The number of benzene rings is 1. The van der Waals surface area contributed by atoms with Gasteiger partial charge in [0.1, 0.15) is 5.84 Å². The van der Waals surface area contributed by atoms with Crippen molar-refractivity contribution in [3.63, 3.8) is 0 Å². The van der Waals surface area contributed by atoms with Crippen LogP contribution in [0.25, 0.3) is 5.69 Å². The van der Waals surface area contributed by atoms with E-state index in [1.807, 2.05) is 26.0 Å². The number of aromatic nitrogens is 2. The smallest absolute Gasteiger partial charge is 0.125 e. The third-order valence-electron chi connectivity index (χ3n) is 2.68. The molecule has 1 heterocycles. The topological polar surface area (TPSA) is 67.7 Å². The lowest BCUT2D eigenvalue weighted by molar-refractivity contribution is 0.831. The zero-order chi connectivity index (χ0) is 13.4. The lowest BCUT2D eigenvalue weighted by Crippen LogP contribution is -2.15. The fraction of sp³-hybridized carbons (Fsp3) is 0.167. The molecule has 18 heavy (non-hydrogen) atoms. The number of nitrogen functional groups attached to an aromatic ring is 1. The lowest BCUT2D eigenvalue weighted by Gasteiger charge is -2.10. The van der Waals surface area contributed by atoms with Gasteiger partial charge < -0.3 is 5.73 Å². The highest BCUT2D eigenvalue weighted by Crippen LogP contribution is 2.25. The molecule has 2 aromatic rings. The number of amidine groups is 1. The molecule has 6 heteroatoms. The lowest BCUT2D eigenvalue weighted by atomic mass is 10.1. The van der Waals surface area contributed by atoms with Crippen molar-refractivity contribution in [2.24, 2.45) is 5.73 Å². The molecule has 0 radical (unpaired) electrons. The number of nitrogens with one attached hydrogen (secondary N) is 1. The maximum atomic E-state index is 7.64. The van der Waals surface area contributed by atoms with Gasteiger partial charge in [0, 0.05) is 10.0 Å². The van der Waals surface area contributed by atoms with Gasteiger partial charge in [-0.15, -0.1) is 0 Å². The first-order valence-electron chi connectivity index (χ1n) is 5.28. The predicted molar refractivity (Wildman–Crippen MR) is 76.8 cm³/mol. The third-order valence-corrected chi connectivity index (χ3v) is 3.72. The minimum absolute atomic E-state index is 0.00465. The Morgan fingerprint density at radius 3 is 2.61 bits per heavy atom. The molecule has 3 N–H and O–H groups in total. The summed E-state index contributed by atoms with van der Waals surface area (Å²) >= 11 is 9.50. The highest BCUT2D eigenvalue weighted by molar-refractivity contribution is 9.10. The molecular weight excluding hydrogens is 316 g/mol. The molecule has 0 unspecified atom stereocenters. The van der Waals surface area contributed by atoms with Gasteiger partial charge in [0.05, 0.1) is 22.1 Å². The number of hydrogen-bond donors (Lipinski definition) is 2. The molecule has 1 aromatic carbocycles. The van der Waals surface area contributed by atoms with Crippen molar-refractivity contribution in [3.05, 3.63) is 44.6 Å². The number of nitrogens with zero attached hydrogens (tertiary/aromatic N) is 2. The number of hydrogen-bond acceptors (Lipinski definition) is 2. The molecule has 2 rings (SSSR count). The molecule has 0 aliphatic rings. The van der Waals surface area contributed by atoms with Gasteiger partial charge in [-0.25, -0.2) is 4.68 Å². The van der Waals surface area contributed by atoms with Gasteiger partial charge in [-0.05, 0) is 32.0 Å². The minimum atomic E-state index is -0.00465. The van der Waals surface area contributed by atoms with E-state index in [0.717, 1.165) is 21.5 Å². The summed E-state index contributed by atoms with van der Waals surface area (Å²) in [6, 6.07) is 5.53. The second kappa shape index (κ2) is 4.74. The molecule has 4 nitrogen and oxygen atoms in total. The van der Waals surface area contributed by atoms with E-state index in [4.69, 9.17) is 22.7 Å². The fourth-order valence-electron chi connectivity index (χ4n) is 1.77. The van der Waals surface area contributed by atoms with Crippen LogP contribution in [0, 0.1) is 19.3 Å². The van der Waals surface area contributed by atoms with Crippen LogP contribution in [0.4, 0.5) is 0 Å². The summed E-state index contributed by atoms with van der Waals surface area (Å²) in [6.07, 6.45) is 0. The van der Waals surface area contributed by atoms with Crippen molar-refractivity contribution in [1.29, 1.82) is 5.41 Å². The molecule has 0 saturated heterocycles. The summed E-state index contributed by atoms with van der Waals surface area (Å²) in [5.41, 5.74) is 8.56. The molecule has 0 spiro atoms. The van der Waals surface area contributed by atoms with E-state index in [9.17, 15) is 0 Å². The molecule has 0 aliphatic carbocycles. The van der Waals surface area contributed by atoms with Crippen LogP contribution >= 0.6 is 27.5 Å². The van der Waals surface area contributed by atoms with E-state index >= 15 is 0 Å². The molecule has 0 saturated carbocycles. The number of nitrogens with two attached hydrogens (primary N) is 1. The Balaban J connectivity index is 2.71. The third kappa shape index (κ3) is 2.15. The standard InChI is InChI=1S/C12H12BrClN4/c1-6-11(14)7(2)18(17-6)10-4-3-8(13)5-9(10)12(15)16/h3-5H,1-2H3,(H3,15,16). The SMILES string of the molecule is Cc1nn(-c2ccc(Br)cc2C(=N)N)c(C)c1Cl. The van der Waals surface area contributed by atoms with Crippen molar-refractivity contribution in [1.82, 2.24) is 9.78 Å². The number of rotatable bonds is 2. The Labute approximate surface area is 118 Å². The monoisotopic (exact) mass is 326 g/mol. The Hall–Kier alpha value is -1.33. The maximum Gasteiger partial charge on any atom is 0.125 e. The van der Waals surface area contributed by atoms with E-state index < -0.39 is 0 Å². The molecule has 0 bridgehead atoms. The van der Waals surface area contributed by atoms with Crippen LogP contribution in [-0.4, -0.2) is 15.6 Å². The van der Waals surface area contributed by atoms with Gasteiger partial charge in [0.15, 0.2) is 0 Å². The van der Waals surface area contributed by atoms with Gasteiger partial charge in [-0.3, -0.25) is 5.41 Å². The van der Waals surface area contributed by atoms with Crippen LogP contribution in [0.3, 0.4) is 0 Å². The van der Waals surface area contributed by atoms with Gasteiger partial charge in [-0.2, -0.15) is 5.10 Å². The van der Waals surface area contributed by atoms with Crippen LogP contribution in [0.15, 0.2) is 22.7 Å². The first-order chi connectivity index (χ1) is 8.41. The highest BCUT2D eigenvalue weighted by atomic mass is 79.9. The van der Waals surface area contributed by atoms with Gasteiger partial charge in [-0.1, -0.05) is 27.5 Å². The second-order valence-corrected chi connectivity index (χ2v) is 5.27. The summed E-state index contributed by atoms with van der Waals surface area (Å²) in [5.74, 6) is -0.00465. The summed E-state index contributed by atoms with van der Waals surface area (Å²) in [6.45, 7) is 3.73. The molecule has 0 amide bonds. The molecule has 94 valence electrons. The normalized spacial score (nSPS) is 10.7. The quantitative estimate of drug-likeness (QED) is 0.657. The fourth-order valence-corrected chi connectivity index (χ4v) is 2.25. The van der Waals surface area contributed by atoms with Crippen molar-refractivity contribution in [3.8, 4) is 5.69 Å². The Bertz CT molecular complexity index is 633. The number of halogens is 2. The van der Waals surface area contributed by atoms with Crippen molar-refractivity contribution < 1.29 is 0 Å². The first-order valence-corrected chi connectivity index (χ1v) is 6.45. The molecule has 0 aliphatic heterocycles. The summed E-state index contributed by atoms with van der Waals surface area (Å²) < 4.78 is 2.57. The second-order valence-electron chi connectivity index (χ2n) is 3.97. The Kier molecular flexibility index (Phi) is 3.45. The molecule has 0 fully saturated rings. The van der Waals surface area contributed by atoms with Crippen molar-refractivity contribution in [2.45, 2.75) is 13.8 Å². The largest absolute Gasteiger partial charge is 0.384 e. The number of aryl methyl sites for hydroxylation is 1. The van der Waals surface area contributed by atoms with Crippen LogP contribution in [0.1, 0.15) is 17.0 Å². The average molecular weight is 328 g/mol. The van der Waals surface area contributed by atoms with Crippen molar-refractivity contribution in [2.75, 3.05) is 0 Å². The zero-order valence-electron chi connectivity index (χ0n) is 9.96. The van der Waals surface area contributed by atoms with E-state index in [1.165, 1.54) is 0 Å². The average Bonchev–Trinajstić information content (AvgIpc) is 2.57. The van der Waals surface area contributed by atoms with E-state index in [2.05, 4.69) is 21.0 Å². The molecule has 0 atom stereocenters. The van der Waals surface area contributed by atoms with Crippen LogP contribution < -0.4 is 5.73 Å². The molecular formula is C12H12BrClN4. The summed E-state index contributed by atoms with van der Waals surface area (Å²) in [4.78, 5) is 0. The summed E-state index contributed by atoms with van der Waals surface area (Å²) in [7, 11) is 0. The Morgan fingerprint density at radius 1 is 1.44 bits per heavy atom. The zero-order valence-corrected chi connectivity index (χ0v) is 12.3. The first kappa shape index (κ1) is 13.1.